The molecule has 0 unspecified atom stereocenters. The van der Waals surface area contributed by atoms with E-state index in [9.17, 15) is 79.5 Å². The zero-order chi connectivity index (χ0) is 86.6. The van der Waals surface area contributed by atoms with E-state index < -0.39 is 130 Å². The zero-order valence-electron chi connectivity index (χ0n) is 68.0. The Labute approximate surface area is 693 Å². The van der Waals surface area contributed by atoms with Gasteiger partial charge in [-0.3, -0.25) is 28.9 Å². The first-order chi connectivity index (χ1) is 57.8. The number of carboxylic acid groups (broad SMARTS) is 1. The molecule has 6 amide bonds. The highest BCUT2D eigenvalue weighted by Gasteiger charge is 2.35. The van der Waals surface area contributed by atoms with E-state index in [0.29, 0.717) is 145 Å². The second kappa shape index (κ2) is 70.9. The van der Waals surface area contributed by atoms with Gasteiger partial charge in [-0.05, 0) is 41.5 Å². The van der Waals surface area contributed by atoms with E-state index in [2.05, 4.69) is 31.9 Å². The van der Waals surface area contributed by atoms with Gasteiger partial charge >= 0.3 is 12.1 Å². The molecule has 0 aromatic heterocycles. The highest BCUT2D eigenvalue weighted by Crippen LogP contribution is 2.44. The molecule has 42 heteroatoms. The Bertz CT molecular complexity index is 2870. The van der Waals surface area contributed by atoms with Crippen LogP contribution in [0.5, 0.6) is 0 Å². The number of aliphatic hydroxyl groups is 10. The molecule has 684 valence electrons. The molecule has 42 nitrogen and oxygen atoms in total. The number of amides is 6. The summed E-state index contributed by atoms with van der Waals surface area (Å²) < 4.78 is 93.2. The molecule has 0 fully saturated rings. The second-order valence-corrected chi connectivity index (χ2v) is 26.5. The average Bonchev–Trinajstić information content (AvgIpc) is 1.62. The van der Waals surface area contributed by atoms with Crippen molar-refractivity contribution in [3.8, 4) is 11.1 Å². The van der Waals surface area contributed by atoms with Crippen LogP contribution >= 0.6 is 0 Å². The summed E-state index contributed by atoms with van der Waals surface area (Å²) in [5, 5.41) is 123. The Morgan fingerprint density at radius 2 is 0.655 bits per heavy atom. The molecule has 119 heavy (non-hydrogen) atoms. The summed E-state index contributed by atoms with van der Waals surface area (Å²) in [6.07, 6.45) is -14.0. The number of benzene rings is 2. The number of ether oxygens (including phenoxy) is 17. The number of unbranched alkanes of at least 4 members (excludes halogenated alkanes) is 1. The quantitative estimate of drug-likeness (QED) is 0.0274. The summed E-state index contributed by atoms with van der Waals surface area (Å²) in [4.78, 5) is 86.6. The maximum Gasteiger partial charge on any atom is 0.407 e. The summed E-state index contributed by atoms with van der Waals surface area (Å²) in [6, 6.07) is 14.7. The van der Waals surface area contributed by atoms with E-state index in [-0.39, 0.29) is 143 Å². The third-order valence-electron chi connectivity index (χ3n) is 17.3. The van der Waals surface area contributed by atoms with E-state index in [1.165, 1.54) is 4.90 Å². The minimum atomic E-state index is -1.90. The van der Waals surface area contributed by atoms with Crippen LogP contribution in [-0.2, 0) is 109 Å². The van der Waals surface area contributed by atoms with Gasteiger partial charge in [0, 0.05) is 51.5 Å². The fourth-order valence-corrected chi connectivity index (χ4v) is 10.9. The average molecular weight is 1710 g/mol. The van der Waals surface area contributed by atoms with Gasteiger partial charge < -0.3 is 169 Å². The Morgan fingerprint density at radius 3 is 1.03 bits per heavy atom. The fraction of sp³-hybridized carbons (Fsp3) is 0.753. The van der Waals surface area contributed by atoms with Crippen LogP contribution in [0.4, 0.5) is 4.79 Å². The molecule has 0 heterocycles. The first-order valence-electron chi connectivity index (χ1n) is 40.1. The molecule has 0 saturated carbocycles. The number of aliphatic hydroxyl groups excluding tert-OH is 10. The highest BCUT2D eigenvalue weighted by molar-refractivity contribution is 5.89. The first-order valence-corrected chi connectivity index (χ1v) is 40.1. The molecule has 3 rings (SSSR count). The van der Waals surface area contributed by atoms with Crippen molar-refractivity contribution in [1.82, 2.24) is 36.8 Å². The monoisotopic (exact) mass is 1710 g/mol. The van der Waals surface area contributed by atoms with Crippen LogP contribution < -0.4 is 31.9 Å². The van der Waals surface area contributed by atoms with Crippen LogP contribution in [0.2, 0.25) is 0 Å². The lowest BCUT2D eigenvalue weighted by Gasteiger charge is -2.33. The fourth-order valence-electron chi connectivity index (χ4n) is 10.9. The molecular weight excluding hydrogens is 1580 g/mol. The van der Waals surface area contributed by atoms with Crippen molar-refractivity contribution in [2.45, 2.75) is 92.9 Å². The van der Waals surface area contributed by atoms with Crippen LogP contribution in [0.1, 0.15) is 49.1 Å². The van der Waals surface area contributed by atoms with Gasteiger partial charge in [0.15, 0.2) is 0 Å². The van der Waals surface area contributed by atoms with Crippen LogP contribution in [0.25, 0.3) is 11.1 Å². The number of nitrogens with one attached hydrogen (secondary N) is 6. The van der Waals surface area contributed by atoms with Gasteiger partial charge in [-0.1, -0.05) is 48.5 Å². The minimum absolute atomic E-state index is 0.0108. The first kappa shape index (κ1) is 107. The molecule has 0 aliphatic heterocycles. The van der Waals surface area contributed by atoms with E-state index in [1.807, 2.05) is 48.5 Å². The maximum atomic E-state index is 12.4. The third kappa shape index (κ3) is 53.2. The van der Waals surface area contributed by atoms with Crippen molar-refractivity contribution >= 4 is 41.6 Å². The van der Waals surface area contributed by atoms with E-state index in [1.54, 1.807) is 0 Å². The number of rotatable bonds is 81. The van der Waals surface area contributed by atoms with Crippen molar-refractivity contribution in [3.05, 3.63) is 59.7 Å². The van der Waals surface area contributed by atoms with Crippen LogP contribution in [0.3, 0.4) is 0 Å². The molecule has 9 atom stereocenters. The summed E-state index contributed by atoms with van der Waals surface area (Å²) in [5.41, 5.74) is 4.28. The number of alkyl carbamates (subject to hydrolysis) is 1. The summed E-state index contributed by atoms with van der Waals surface area (Å²) in [6.45, 7) is 6.62. The van der Waals surface area contributed by atoms with Crippen molar-refractivity contribution in [1.29, 1.82) is 0 Å². The molecule has 0 spiro atoms. The lowest BCUT2D eigenvalue weighted by atomic mass is 9.98. The summed E-state index contributed by atoms with van der Waals surface area (Å²) in [5.74, 6) is -3.67. The third-order valence-corrected chi connectivity index (χ3v) is 17.3. The SMILES string of the molecule is O=C(CCOCCOCCOCCOCCOCCOCCOCCOCCOCCOCCOCCOCCN(C[C@H](O)[C@@H](O)[C@H](O)[C@H](O)CO)C[C@H](O)[C@@H](O)[C@H](O)[C@H](O)CO)NCCCC[C@H](NC(=O)CCOCCOCCOCCOCCNC(=O)CNC(=O)CNC(=O)CNC(=O)OCC1c2ccccc2-c2ccccc21)C(=O)O. The summed E-state index contributed by atoms with van der Waals surface area (Å²) >= 11 is 0. The molecule has 2 aromatic rings. The Balaban J connectivity index is 0.962. The number of hydrogen-bond donors (Lipinski definition) is 17. The van der Waals surface area contributed by atoms with Crippen molar-refractivity contribution in [2.75, 3.05) is 284 Å². The Kier molecular flexibility index (Phi) is 63.6. The molecule has 0 saturated heterocycles. The van der Waals surface area contributed by atoms with Gasteiger partial charge in [0.25, 0.3) is 0 Å². The van der Waals surface area contributed by atoms with Gasteiger partial charge in [-0.2, -0.15) is 0 Å². The Hall–Kier alpha value is -6.55. The predicted octanol–water partition coefficient (Wildman–Crippen LogP) is -6.05. The number of carbonyl (C=O) groups is 7. The zero-order valence-corrected chi connectivity index (χ0v) is 68.0. The Morgan fingerprint density at radius 1 is 0.345 bits per heavy atom. The molecule has 17 N–H and O–H groups in total. The smallest absolute Gasteiger partial charge is 0.407 e. The van der Waals surface area contributed by atoms with E-state index in [0.717, 1.165) is 22.3 Å². The van der Waals surface area contributed by atoms with Crippen molar-refractivity contribution in [2.24, 2.45) is 0 Å². The van der Waals surface area contributed by atoms with Gasteiger partial charge in [0.05, 0.1) is 250 Å². The molecule has 1 aliphatic carbocycles. The topological polar surface area (TPSA) is 574 Å². The van der Waals surface area contributed by atoms with Gasteiger partial charge in [0.1, 0.15) is 55.8 Å². The highest BCUT2D eigenvalue weighted by atomic mass is 16.6. The minimum Gasteiger partial charge on any atom is -0.480 e. The molecule has 2 aromatic carbocycles. The van der Waals surface area contributed by atoms with Crippen LogP contribution in [-0.4, -0.2) is 441 Å². The van der Waals surface area contributed by atoms with Gasteiger partial charge in [-0.15, -0.1) is 0 Å². The van der Waals surface area contributed by atoms with Crippen molar-refractivity contribution in [3.63, 3.8) is 0 Å². The molecule has 0 radical (unpaired) electrons. The number of nitrogens with zero attached hydrogens (tertiary/aromatic N) is 1. The summed E-state index contributed by atoms with van der Waals surface area (Å²) in [7, 11) is 0. The number of carbonyl (C=O) groups excluding carboxylic acids is 6. The number of aliphatic carboxylic acids is 1. The second-order valence-electron chi connectivity index (χ2n) is 26.5. The molecule has 0 bridgehead atoms. The lowest BCUT2D eigenvalue weighted by molar-refractivity contribution is -0.142. The van der Waals surface area contributed by atoms with Crippen molar-refractivity contribution < 1.29 is 170 Å². The van der Waals surface area contributed by atoms with Gasteiger partial charge in [-0.25, -0.2) is 9.59 Å². The van der Waals surface area contributed by atoms with Gasteiger partial charge in [0.2, 0.25) is 29.5 Å². The number of fused-ring (bicyclic) bond motifs is 3. The predicted molar refractivity (Wildman–Crippen MR) is 420 cm³/mol. The molecule has 1 aliphatic rings. The normalized spacial score (nSPS) is 14.3. The largest absolute Gasteiger partial charge is 0.480 e. The standard InChI is InChI=1S/C77H131N7O35/c85-54-65(89)74(98)72(96)63(87)52-84(53-64(88)73(97)75(99)66(90)55-86)16-20-106-24-28-110-32-34-112-36-38-114-40-42-116-44-46-118-48-47-117-45-43-115-41-39-113-37-35-111-33-30-107-25-21-103-17-12-67(91)78-14-6-5-11-62(76(100)101)83-68(92)13-18-104-22-26-108-29-31-109-27-23-105-19-15-79-69(93)49-80-70(94)50-81-71(95)51-82-77(102)119-56-61-59-9-3-1-7-57(59)58-8-2-4-10-60(58)61/h1-4,7-10,61-66,72-75,85-90,96-99H,5-6,11-56H2,(H,78,91)(H,79,93)(H,80,94)(H,81,95)(H,82,102)(H,83,92)(H,100,101)/t62-,63-,64-,65+,66+,72+,73+,74+,75+/m0/s1. The lowest BCUT2D eigenvalue weighted by Crippen LogP contribution is -2.53. The van der Waals surface area contributed by atoms with Crippen LogP contribution in [0, 0.1) is 0 Å². The van der Waals surface area contributed by atoms with E-state index in [4.69, 9.17) is 90.7 Å². The molecular formula is C77H131N7O35. The van der Waals surface area contributed by atoms with Crippen LogP contribution in [0.15, 0.2) is 48.5 Å². The van der Waals surface area contributed by atoms with E-state index >= 15 is 0 Å². The maximum absolute atomic E-state index is 12.4. The number of carboxylic acids is 1. The number of hydrogen-bond acceptors (Lipinski definition) is 35.